The fourth-order valence-corrected chi connectivity index (χ4v) is 2.81. The first-order valence-corrected chi connectivity index (χ1v) is 7.64. The molecule has 5 heteroatoms. The minimum absolute atomic E-state index is 0.0833. The molecule has 0 atom stereocenters. The predicted molar refractivity (Wildman–Crippen MR) is 84.8 cm³/mol. The van der Waals surface area contributed by atoms with Gasteiger partial charge < -0.3 is 15.1 Å². The monoisotopic (exact) mass is 295 g/mol. The Morgan fingerprint density at radius 1 is 1.30 bits per heavy atom. The van der Waals surface area contributed by atoms with Gasteiger partial charge in [-0.05, 0) is 44.9 Å². The maximum absolute atomic E-state index is 12.0. The molecule has 1 aliphatic heterocycles. The van der Waals surface area contributed by atoms with E-state index >= 15 is 0 Å². The SMILES string of the molecule is CCN(CC)C(=O)Nc1ccc(N2CCCC2)c(Cl)c1. The van der Waals surface area contributed by atoms with E-state index in [2.05, 4.69) is 10.2 Å². The average Bonchev–Trinajstić information content (AvgIpc) is 2.94. The van der Waals surface area contributed by atoms with Crippen molar-refractivity contribution in [1.82, 2.24) is 4.90 Å². The number of rotatable bonds is 4. The van der Waals surface area contributed by atoms with Crippen LogP contribution >= 0.6 is 11.6 Å². The molecule has 1 aromatic carbocycles. The van der Waals surface area contributed by atoms with Crippen molar-refractivity contribution in [3.63, 3.8) is 0 Å². The minimum Gasteiger partial charge on any atom is -0.370 e. The lowest BCUT2D eigenvalue weighted by molar-refractivity contribution is 0.217. The lowest BCUT2D eigenvalue weighted by Crippen LogP contribution is -2.34. The van der Waals surface area contributed by atoms with Crippen molar-refractivity contribution in [1.29, 1.82) is 0 Å². The van der Waals surface area contributed by atoms with Crippen LogP contribution in [0.1, 0.15) is 26.7 Å². The zero-order chi connectivity index (χ0) is 14.5. The molecule has 20 heavy (non-hydrogen) atoms. The standard InChI is InChI=1S/C15H22ClN3O/c1-3-18(4-2)15(20)17-12-7-8-14(13(16)11-12)19-9-5-6-10-19/h7-8,11H,3-6,9-10H2,1-2H3,(H,17,20). The fraction of sp³-hybridized carbons (Fsp3) is 0.533. The molecule has 1 aliphatic rings. The molecular formula is C15H22ClN3O. The molecule has 0 radical (unpaired) electrons. The van der Waals surface area contributed by atoms with Crippen molar-refractivity contribution in [2.24, 2.45) is 0 Å². The normalized spacial score (nSPS) is 14.4. The highest BCUT2D eigenvalue weighted by Gasteiger charge is 2.16. The Kier molecular flexibility index (Phi) is 5.12. The van der Waals surface area contributed by atoms with Crippen LogP contribution in [0.15, 0.2) is 18.2 Å². The lowest BCUT2D eigenvalue weighted by atomic mass is 10.2. The van der Waals surface area contributed by atoms with E-state index in [1.807, 2.05) is 32.0 Å². The van der Waals surface area contributed by atoms with Gasteiger partial charge in [0.2, 0.25) is 0 Å². The van der Waals surface area contributed by atoms with Crippen LogP contribution in [0.4, 0.5) is 16.2 Å². The zero-order valence-electron chi connectivity index (χ0n) is 12.2. The highest BCUT2D eigenvalue weighted by atomic mass is 35.5. The third-order valence-corrected chi connectivity index (χ3v) is 4.00. The summed E-state index contributed by atoms with van der Waals surface area (Å²) in [4.78, 5) is 16.0. The smallest absolute Gasteiger partial charge is 0.321 e. The van der Waals surface area contributed by atoms with Crippen molar-refractivity contribution < 1.29 is 4.79 Å². The summed E-state index contributed by atoms with van der Waals surface area (Å²) in [5.41, 5.74) is 1.81. The molecule has 4 nitrogen and oxygen atoms in total. The van der Waals surface area contributed by atoms with Crippen molar-refractivity contribution in [2.75, 3.05) is 36.4 Å². The second-order valence-corrected chi connectivity index (χ2v) is 5.37. The van der Waals surface area contributed by atoms with E-state index in [9.17, 15) is 4.79 Å². The first-order valence-electron chi connectivity index (χ1n) is 7.26. The Morgan fingerprint density at radius 3 is 2.50 bits per heavy atom. The molecule has 2 rings (SSSR count). The third-order valence-electron chi connectivity index (χ3n) is 3.70. The molecule has 1 aromatic rings. The topological polar surface area (TPSA) is 35.6 Å². The summed E-state index contributed by atoms with van der Waals surface area (Å²) >= 11 is 6.33. The summed E-state index contributed by atoms with van der Waals surface area (Å²) in [6.45, 7) is 7.44. The number of urea groups is 1. The first-order chi connectivity index (χ1) is 9.65. The Hall–Kier alpha value is -1.42. The van der Waals surface area contributed by atoms with E-state index in [1.165, 1.54) is 12.8 Å². The lowest BCUT2D eigenvalue weighted by Gasteiger charge is -2.21. The highest BCUT2D eigenvalue weighted by Crippen LogP contribution is 2.31. The molecule has 0 spiro atoms. The number of nitrogens with zero attached hydrogens (tertiary/aromatic N) is 2. The van der Waals surface area contributed by atoms with E-state index < -0.39 is 0 Å². The van der Waals surface area contributed by atoms with E-state index in [0.29, 0.717) is 18.1 Å². The number of anilines is 2. The van der Waals surface area contributed by atoms with E-state index in [-0.39, 0.29) is 6.03 Å². The molecule has 110 valence electrons. The number of nitrogens with one attached hydrogen (secondary N) is 1. The van der Waals surface area contributed by atoms with Gasteiger partial charge in [0.05, 0.1) is 10.7 Å². The largest absolute Gasteiger partial charge is 0.370 e. The van der Waals surface area contributed by atoms with Crippen LogP contribution in [-0.2, 0) is 0 Å². The second-order valence-electron chi connectivity index (χ2n) is 4.96. The van der Waals surface area contributed by atoms with Crippen LogP contribution in [0, 0.1) is 0 Å². The molecule has 0 unspecified atom stereocenters. The molecule has 0 aliphatic carbocycles. The molecule has 0 bridgehead atoms. The van der Waals surface area contributed by atoms with Crippen LogP contribution in [-0.4, -0.2) is 37.1 Å². The molecule has 0 aromatic heterocycles. The maximum atomic E-state index is 12.0. The molecule has 0 saturated carbocycles. The average molecular weight is 296 g/mol. The van der Waals surface area contributed by atoms with Crippen LogP contribution in [0.3, 0.4) is 0 Å². The van der Waals surface area contributed by atoms with Crippen LogP contribution in [0.25, 0.3) is 0 Å². The molecule has 1 N–H and O–H groups in total. The second kappa shape index (κ2) is 6.84. The Bertz CT molecular complexity index is 468. The number of halogens is 1. The van der Waals surface area contributed by atoms with Gasteiger partial charge in [0.1, 0.15) is 0 Å². The van der Waals surface area contributed by atoms with Gasteiger partial charge in [0.15, 0.2) is 0 Å². The van der Waals surface area contributed by atoms with Crippen molar-refractivity contribution in [2.45, 2.75) is 26.7 Å². The van der Waals surface area contributed by atoms with Gasteiger partial charge in [-0.3, -0.25) is 0 Å². The van der Waals surface area contributed by atoms with Crippen molar-refractivity contribution in [3.8, 4) is 0 Å². The van der Waals surface area contributed by atoms with Gasteiger partial charge >= 0.3 is 6.03 Å². The maximum Gasteiger partial charge on any atom is 0.321 e. The number of benzene rings is 1. The van der Waals surface area contributed by atoms with E-state index in [0.717, 1.165) is 24.5 Å². The first kappa shape index (κ1) is 15.0. The number of hydrogen-bond donors (Lipinski definition) is 1. The van der Waals surface area contributed by atoms with Gasteiger partial charge in [0.25, 0.3) is 0 Å². The number of carbonyl (C=O) groups excluding carboxylic acids is 1. The Balaban J connectivity index is 2.07. The number of amides is 2. The number of carbonyl (C=O) groups is 1. The zero-order valence-corrected chi connectivity index (χ0v) is 12.9. The predicted octanol–water partition coefficient (Wildman–Crippen LogP) is 3.81. The van der Waals surface area contributed by atoms with Crippen LogP contribution < -0.4 is 10.2 Å². The van der Waals surface area contributed by atoms with Crippen LogP contribution in [0.2, 0.25) is 5.02 Å². The van der Waals surface area contributed by atoms with Gasteiger partial charge in [-0.15, -0.1) is 0 Å². The molecule has 1 heterocycles. The quantitative estimate of drug-likeness (QED) is 0.917. The highest BCUT2D eigenvalue weighted by molar-refractivity contribution is 6.33. The van der Waals surface area contributed by atoms with E-state index in [4.69, 9.17) is 11.6 Å². The van der Waals surface area contributed by atoms with Crippen molar-refractivity contribution >= 4 is 29.0 Å². The van der Waals surface area contributed by atoms with E-state index in [1.54, 1.807) is 4.90 Å². The van der Waals surface area contributed by atoms with Crippen LogP contribution in [0.5, 0.6) is 0 Å². The summed E-state index contributed by atoms with van der Waals surface area (Å²) in [5, 5.41) is 3.58. The molecule has 1 saturated heterocycles. The van der Waals surface area contributed by atoms with Crippen molar-refractivity contribution in [3.05, 3.63) is 23.2 Å². The Labute approximate surface area is 125 Å². The van der Waals surface area contributed by atoms with Gasteiger partial charge in [-0.2, -0.15) is 0 Å². The summed E-state index contributed by atoms with van der Waals surface area (Å²) in [7, 11) is 0. The molecule has 2 amide bonds. The van der Waals surface area contributed by atoms with Gasteiger partial charge in [-0.1, -0.05) is 11.6 Å². The fourth-order valence-electron chi connectivity index (χ4n) is 2.51. The molecular weight excluding hydrogens is 274 g/mol. The summed E-state index contributed by atoms with van der Waals surface area (Å²) in [5.74, 6) is 0. The number of hydrogen-bond acceptors (Lipinski definition) is 2. The third kappa shape index (κ3) is 3.37. The molecule has 1 fully saturated rings. The summed E-state index contributed by atoms with van der Waals surface area (Å²) in [6.07, 6.45) is 2.44. The van der Waals surface area contributed by atoms with Gasteiger partial charge in [0, 0.05) is 31.9 Å². The minimum atomic E-state index is -0.0833. The summed E-state index contributed by atoms with van der Waals surface area (Å²) in [6, 6.07) is 5.66. The van der Waals surface area contributed by atoms with Gasteiger partial charge in [-0.25, -0.2) is 4.79 Å². The summed E-state index contributed by atoms with van der Waals surface area (Å²) < 4.78 is 0. The Morgan fingerprint density at radius 2 is 1.95 bits per heavy atom.